The normalized spacial score (nSPS) is 18.7. The highest BCUT2D eigenvalue weighted by Crippen LogP contribution is 2.31. The van der Waals surface area contributed by atoms with Crippen molar-refractivity contribution in [2.45, 2.75) is 13.1 Å². The number of carbonyl (C=O) groups excluding carboxylic acids is 1. The van der Waals surface area contributed by atoms with Crippen molar-refractivity contribution in [3.8, 4) is 5.75 Å². The maximum Gasteiger partial charge on any atom is 0.276 e. The van der Waals surface area contributed by atoms with Gasteiger partial charge in [0, 0.05) is 10.8 Å². The van der Waals surface area contributed by atoms with E-state index in [1.165, 1.54) is 11.8 Å². The number of rotatable bonds is 2. The van der Waals surface area contributed by atoms with Gasteiger partial charge in [0.1, 0.15) is 11.4 Å². The average molecular weight is 352 g/mol. The largest absolute Gasteiger partial charge is 0.508 e. The summed E-state index contributed by atoms with van der Waals surface area (Å²) in [5.74, 6) is 0.757. The third-order valence-electron chi connectivity index (χ3n) is 3.96. The molecule has 2 aromatic carbocycles. The van der Waals surface area contributed by atoms with Crippen LogP contribution in [0.3, 0.4) is 0 Å². The Kier molecular flexibility index (Phi) is 3.93. The number of fused-ring (bicyclic) bond motifs is 2. The molecule has 2 aliphatic heterocycles. The van der Waals surface area contributed by atoms with Crippen molar-refractivity contribution in [2.75, 3.05) is 5.75 Å². The van der Waals surface area contributed by atoms with Crippen LogP contribution >= 0.6 is 11.8 Å². The number of amidine groups is 1. The van der Waals surface area contributed by atoms with Gasteiger partial charge in [0.25, 0.3) is 5.91 Å². The van der Waals surface area contributed by atoms with Crippen LogP contribution in [-0.4, -0.2) is 26.9 Å². The first-order valence-electron chi connectivity index (χ1n) is 7.95. The maximum absolute atomic E-state index is 12.7. The SMILES string of the molecule is CCSC1=NN2C(=c3ccccc3=NC2c2cccc(O)c2)C(=O)N1. The molecule has 6 nitrogen and oxygen atoms in total. The lowest BCUT2D eigenvalue weighted by Gasteiger charge is -2.34. The Labute approximate surface area is 148 Å². The molecule has 0 saturated carbocycles. The van der Waals surface area contributed by atoms with Crippen LogP contribution in [0, 0.1) is 0 Å². The minimum absolute atomic E-state index is 0.154. The van der Waals surface area contributed by atoms with Crippen LogP contribution in [0.15, 0.2) is 58.6 Å². The van der Waals surface area contributed by atoms with Gasteiger partial charge < -0.3 is 5.11 Å². The molecular weight excluding hydrogens is 336 g/mol. The van der Waals surface area contributed by atoms with Crippen LogP contribution in [0.1, 0.15) is 18.7 Å². The molecule has 1 unspecified atom stereocenters. The maximum atomic E-state index is 12.7. The van der Waals surface area contributed by atoms with Gasteiger partial charge in [0.2, 0.25) is 0 Å². The first kappa shape index (κ1) is 15.7. The fourth-order valence-corrected chi connectivity index (χ4v) is 3.52. The Balaban J connectivity index is 1.96. The molecule has 7 heteroatoms. The molecule has 0 radical (unpaired) electrons. The van der Waals surface area contributed by atoms with Gasteiger partial charge in [-0.2, -0.15) is 0 Å². The molecule has 0 fully saturated rings. The number of carbonyl (C=O) groups is 1. The van der Waals surface area contributed by atoms with E-state index in [0.717, 1.165) is 21.9 Å². The summed E-state index contributed by atoms with van der Waals surface area (Å²) in [5, 5.41) is 21.0. The molecule has 0 spiro atoms. The molecule has 2 aliphatic rings. The summed E-state index contributed by atoms with van der Waals surface area (Å²) in [7, 11) is 0. The minimum atomic E-state index is -0.504. The van der Waals surface area contributed by atoms with Crippen molar-refractivity contribution in [3.05, 3.63) is 64.7 Å². The van der Waals surface area contributed by atoms with Gasteiger partial charge in [-0.1, -0.05) is 49.0 Å². The number of para-hydroxylation sites is 1. The number of nitrogens with one attached hydrogen (secondary N) is 1. The van der Waals surface area contributed by atoms with E-state index in [9.17, 15) is 9.90 Å². The topological polar surface area (TPSA) is 77.3 Å². The van der Waals surface area contributed by atoms with Crippen molar-refractivity contribution >= 4 is 28.5 Å². The minimum Gasteiger partial charge on any atom is -0.508 e. The molecule has 4 rings (SSSR count). The molecule has 126 valence electrons. The van der Waals surface area contributed by atoms with Crippen LogP contribution in [0.4, 0.5) is 0 Å². The molecule has 1 amide bonds. The number of phenols is 1. The smallest absolute Gasteiger partial charge is 0.276 e. The number of phenolic OH excluding ortho intramolecular Hbond substituents is 1. The Morgan fingerprint density at radius 2 is 2.08 bits per heavy atom. The van der Waals surface area contributed by atoms with E-state index in [1.54, 1.807) is 23.2 Å². The predicted octanol–water partition coefficient (Wildman–Crippen LogP) is 1.29. The highest BCUT2D eigenvalue weighted by molar-refractivity contribution is 8.13. The van der Waals surface area contributed by atoms with E-state index in [1.807, 2.05) is 37.3 Å². The molecule has 2 N–H and O–H groups in total. The van der Waals surface area contributed by atoms with Crippen LogP contribution in [-0.2, 0) is 4.79 Å². The van der Waals surface area contributed by atoms with Gasteiger partial charge in [-0.05, 0) is 24.0 Å². The molecule has 2 aromatic rings. The van der Waals surface area contributed by atoms with Gasteiger partial charge in [-0.15, -0.1) is 5.10 Å². The number of benzene rings is 2. The second-order valence-corrected chi connectivity index (χ2v) is 6.85. The fourth-order valence-electron chi connectivity index (χ4n) is 2.93. The summed E-state index contributed by atoms with van der Waals surface area (Å²) in [5.41, 5.74) is 1.24. The quantitative estimate of drug-likeness (QED) is 0.854. The zero-order chi connectivity index (χ0) is 17.4. The fraction of sp³-hybridized carbons (Fsp3) is 0.167. The van der Waals surface area contributed by atoms with Crippen molar-refractivity contribution in [3.63, 3.8) is 0 Å². The predicted molar refractivity (Wildman–Crippen MR) is 97.0 cm³/mol. The first-order chi connectivity index (χ1) is 12.2. The van der Waals surface area contributed by atoms with Gasteiger partial charge >= 0.3 is 0 Å². The Morgan fingerprint density at radius 3 is 2.88 bits per heavy atom. The third-order valence-corrected chi connectivity index (χ3v) is 4.71. The van der Waals surface area contributed by atoms with E-state index < -0.39 is 6.17 Å². The number of amides is 1. The highest BCUT2D eigenvalue weighted by atomic mass is 32.2. The summed E-state index contributed by atoms with van der Waals surface area (Å²) >= 11 is 1.47. The number of aromatic hydroxyl groups is 1. The second-order valence-electron chi connectivity index (χ2n) is 5.60. The van der Waals surface area contributed by atoms with Gasteiger partial charge in [0.15, 0.2) is 11.3 Å². The van der Waals surface area contributed by atoms with Crippen molar-refractivity contribution in [1.29, 1.82) is 0 Å². The number of hydrogen-bond donors (Lipinski definition) is 2. The molecule has 1 atom stereocenters. The summed E-state index contributed by atoms with van der Waals surface area (Å²) in [6.45, 7) is 2.00. The molecule has 2 heterocycles. The van der Waals surface area contributed by atoms with E-state index >= 15 is 0 Å². The number of thioether (sulfide) groups is 1. The summed E-state index contributed by atoms with van der Waals surface area (Å²) in [6.07, 6.45) is -0.504. The zero-order valence-corrected chi connectivity index (χ0v) is 14.3. The third kappa shape index (κ3) is 2.76. The monoisotopic (exact) mass is 352 g/mol. The number of hydrazone groups is 1. The van der Waals surface area contributed by atoms with Gasteiger partial charge in [0.05, 0.1) is 5.36 Å². The van der Waals surface area contributed by atoms with Crippen LogP contribution in [0.25, 0.3) is 5.70 Å². The van der Waals surface area contributed by atoms with E-state index in [-0.39, 0.29) is 11.7 Å². The molecule has 25 heavy (non-hydrogen) atoms. The lowest BCUT2D eigenvalue weighted by molar-refractivity contribution is -0.116. The summed E-state index contributed by atoms with van der Waals surface area (Å²) < 4.78 is 0. The van der Waals surface area contributed by atoms with Crippen molar-refractivity contribution in [2.24, 2.45) is 10.1 Å². The van der Waals surface area contributed by atoms with Gasteiger partial charge in [-0.25, -0.2) is 5.01 Å². The molecular formula is C18H16N4O2S. The molecule has 0 bridgehead atoms. The van der Waals surface area contributed by atoms with Crippen molar-refractivity contribution in [1.82, 2.24) is 10.3 Å². The number of hydrogen-bond acceptors (Lipinski definition) is 6. The lowest BCUT2D eigenvalue weighted by Crippen LogP contribution is -2.50. The van der Waals surface area contributed by atoms with Crippen LogP contribution in [0.5, 0.6) is 5.75 Å². The molecule has 0 aromatic heterocycles. The summed E-state index contributed by atoms with van der Waals surface area (Å²) in [6, 6.07) is 14.4. The Hall–Kier alpha value is -2.80. The zero-order valence-electron chi connectivity index (χ0n) is 13.5. The van der Waals surface area contributed by atoms with E-state index in [4.69, 9.17) is 4.99 Å². The second kappa shape index (κ2) is 6.25. The van der Waals surface area contributed by atoms with E-state index in [2.05, 4.69) is 10.4 Å². The van der Waals surface area contributed by atoms with Crippen LogP contribution < -0.4 is 15.9 Å². The lowest BCUT2D eigenvalue weighted by atomic mass is 10.1. The Morgan fingerprint density at radius 1 is 1.24 bits per heavy atom. The first-order valence-corrected chi connectivity index (χ1v) is 8.94. The Bertz CT molecular complexity index is 1000. The number of nitrogens with zero attached hydrogens (tertiary/aromatic N) is 3. The van der Waals surface area contributed by atoms with Crippen LogP contribution in [0.2, 0.25) is 0 Å². The summed E-state index contributed by atoms with van der Waals surface area (Å²) in [4.78, 5) is 17.5. The standard InChI is InChI=1S/C18H16N4O2S/c1-2-25-18-20-17(24)15-13-8-3-4-9-14(13)19-16(22(15)21-18)11-6-5-7-12(23)10-11/h3-10,16,23H,2H2,1H3,(H,20,21,24). The molecule has 0 aliphatic carbocycles. The van der Waals surface area contributed by atoms with E-state index in [0.29, 0.717) is 10.9 Å². The van der Waals surface area contributed by atoms with Crippen molar-refractivity contribution < 1.29 is 9.90 Å². The molecule has 0 saturated heterocycles. The van der Waals surface area contributed by atoms with Gasteiger partial charge in [-0.3, -0.25) is 15.1 Å². The highest BCUT2D eigenvalue weighted by Gasteiger charge is 2.34. The average Bonchev–Trinajstić information content (AvgIpc) is 2.61.